The van der Waals surface area contributed by atoms with Gasteiger partial charge in [-0.25, -0.2) is 4.98 Å². The maximum absolute atomic E-state index is 12.7. The van der Waals surface area contributed by atoms with E-state index in [1.54, 1.807) is 12.3 Å². The van der Waals surface area contributed by atoms with Crippen LogP contribution in [0.3, 0.4) is 0 Å². The zero-order valence-electron chi connectivity index (χ0n) is 15.8. The van der Waals surface area contributed by atoms with Crippen LogP contribution in [0.2, 0.25) is 0 Å². The third-order valence-electron chi connectivity index (χ3n) is 4.59. The molecule has 0 aliphatic rings. The molecule has 3 rings (SSSR count). The van der Waals surface area contributed by atoms with Crippen LogP contribution in [-0.4, -0.2) is 46.4 Å². The Bertz CT molecular complexity index is 994. The molecule has 3 aromatic heterocycles. The Kier molecular flexibility index (Phi) is 7.35. The molecule has 0 spiro atoms. The number of thiophene rings is 1. The summed E-state index contributed by atoms with van der Waals surface area (Å²) >= 11 is 1.27. The SMILES string of the molecule is CCN(CC)CCCNC(=O)c1cc2c(=O)n3cccc(C)c3nc2s1.Cl. The van der Waals surface area contributed by atoms with Crippen molar-refractivity contribution in [2.75, 3.05) is 26.2 Å². The Hall–Kier alpha value is -1.96. The summed E-state index contributed by atoms with van der Waals surface area (Å²) in [6.45, 7) is 9.81. The Morgan fingerprint density at radius 3 is 2.78 bits per heavy atom. The number of nitrogens with zero attached hydrogens (tertiary/aromatic N) is 3. The van der Waals surface area contributed by atoms with Crippen LogP contribution < -0.4 is 10.9 Å². The van der Waals surface area contributed by atoms with Crippen molar-refractivity contribution in [2.24, 2.45) is 0 Å². The van der Waals surface area contributed by atoms with Gasteiger partial charge in [0.25, 0.3) is 11.5 Å². The van der Waals surface area contributed by atoms with E-state index in [1.165, 1.54) is 15.7 Å². The molecule has 0 saturated carbocycles. The molecular formula is C19H25ClN4O2S. The number of halogens is 1. The predicted molar refractivity (Wildman–Crippen MR) is 114 cm³/mol. The Morgan fingerprint density at radius 1 is 1.33 bits per heavy atom. The minimum absolute atomic E-state index is 0. The van der Waals surface area contributed by atoms with Gasteiger partial charge in [0.2, 0.25) is 0 Å². The lowest BCUT2D eigenvalue weighted by molar-refractivity contribution is 0.0956. The van der Waals surface area contributed by atoms with E-state index in [0.717, 1.165) is 31.6 Å². The highest BCUT2D eigenvalue weighted by Crippen LogP contribution is 2.22. The van der Waals surface area contributed by atoms with Gasteiger partial charge in [0.05, 0.1) is 10.3 Å². The van der Waals surface area contributed by atoms with Crippen molar-refractivity contribution in [3.8, 4) is 0 Å². The average molecular weight is 409 g/mol. The fourth-order valence-electron chi connectivity index (χ4n) is 3.00. The van der Waals surface area contributed by atoms with Crippen LogP contribution in [0.1, 0.15) is 35.5 Å². The van der Waals surface area contributed by atoms with E-state index in [-0.39, 0.29) is 23.9 Å². The number of carbonyl (C=O) groups excluding carboxylic acids is 1. The smallest absolute Gasteiger partial charge is 0.266 e. The van der Waals surface area contributed by atoms with Crippen molar-refractivity contribution < 1.29 is 4.79 Å². The van der Waals surface area contributed by atoms with E-state index in [0.29, 0.717) is 27.3 Å². The zero-order valence-corrected chi connectivity index (χ0v) is 17.5. The Morgan fingerprint density at radius 2 is 2.07 bits per heavy atom. The molecule has 27 heavy (non-hydrogen) atoms. The lowest BCUT2D eigenvalue weighted by Crippen LogP contribution is -2.29. The van der Waals surface area contributed by atoms with Gasteiger partial charge in [-0.2, -0.15) is 0 Å². The molecule has 3 aromatic rings. The van der Waals surface area contributed by atoms with E-state index in [9.17, 15) is 9.59 Å². The molecule has 0 radical (unpaired) electrons. The number of hydrogen-bond donors (Lipinski definition) is 1. The van der Waals surface area contributed by atoms with Crippen LogP contribution in [0.15, 0.2) is 29.2 Å². The summed E-state index contributed by atoms with van der Waals surface area (Å²) in [6, 6.07) is 5.40. The van der Waals surface area contributed by atoms with Crippen molar-refractivity contribution in [2.45, 2.75) is 27.2 Å². The number of aromatic nitrogens is 2. The quantitative estimate of drug-likeness (QED) is 0.610. The Labute approximate surface area is 168 Å². The zero-order chi connectivity index (χ0) is 18.7. The van der Waals surface area contributed by atoms with E-state index in [4.69, 9.17) is 0 Å². The van der Waals surface area contributed by atoms with Crippen molar-refractivity contribution in [3.05, 3.63) is 45.2 Å². The summed E-state index contributed by atoms with van der Waals surface area (Å²) in [6.07, 6.45) is 2.62. The maximum atomic E-state index is 12.7. The number of nitrogens with one attached hydrogen (secondary N) is 1. The molecular weight excluding hydrogens is 384 g/mol. The highest BCUT2D eigenvalue weighted by atomic mass is 35.5. The average Bonchev–Trinajstić information content (AvgIpc) is 3.07. The summed E-state index contributed by atoms with van der Waals surface area (Å²) in [5, 5.41) is 3.44. The van der Waals surface area contributed by atoms with Gasteiger partial charge in [0.1, 0.15) is 10.5 Å². The fourth-order valence-corrected chi connectivity index (χ4v) is 3.94. The highest BCUT2D eigenvalue weighted by molar-refractivity contribution is 7.20. The molecule has 0 saturated heterocycles. The number of amides is 1. The van der Waals surface area contributed by atoms with Crippen LogP contribution in [0, 0.1) is 6.92 Å². The Balaban J connectivity index is 0.00000261. The standard InChI is InChI=1S/C19H24N4O2S.ClH/c1-4-22(5-2)10-7-9-20-17(24)15-12-14-18(26-15)21-16-13(3)8-6-11-23(16)19(14)25;/h6,8,11-12H,4-5,7,9-10H2,1-3H3,(H,20,24);1H. The molecule has 0 fully saturated rings. The minimum atomic E-state index is -0.141. The molecule has 0 aliphatic heterocycles. The van der Waals surface area contributed by atoms with Gasteiger partial charge in [0.15, 0.2) is 0 Å². The van der Waals surface area contributed by atoms with E-state index in [2.05, 4.69) is 29.0 Å². The third kappa shape index (κ3) is 4.48. The first kappa shape index (κ1) is 21.3. The van der Waals surface area contributed by atoms with Crippen LogP contribution >= 0.6 is 23.7 Å². The lowest BCUT2D eigenvalue weighted by Gasteiger charge is -2.17. The van der Waals surface area contributed by atoms with Gasteiger partial charge in [0, 0.05) is 12.7 Å². The summed E-state index contributed by atoms with van der Waals surface area (Å²) in [4.78, 5) is 33.1. The summed E-state index contributed by atoms with van der Waals surface area (Å²) in [7, 11) is 0. The second-order valence-corrected chi connectivity index (χ2v) is 7.30. The van der Waals surface area contributed by atoms with Crippen molar-refractivity contribution in [3.63, 3.8) is 0 Å². The van der Waals surface area contributed by atoms with Gasteiger partial charge >= 0.3 is 0 Å². The summed E-state index contributed by atoms with van der Waals surface area (Å²) < 4.78 is 1.54. The predicted octanol–water partition coefficient (Wildman–Crippen LogP) is 3.10. The van der Waals surface area contributed by atoms with Crippen LogP contribution in [0.25, 0.3) is 15.9 Å². The number of hydrogen-bond acceptors (Lipinski definition) is 5. The van der Waals surface area contributed by atoms with Crippen molar-refractivity contribution >= 4 is 45.5 Å². The maximum Gasteiger partial charge on any atom is 0.266 e. The first-order valence-corrected chi connectivity index (χ1v) is 9.78. The van der Waals surface area contributed by atoms with E-state index >= 15 is 0 Å². The van der Waals surface area contributed by atoms with E-state index < -0.39 is 0 Å². The first-order chi connectivity index (χ1) is 12.5. The number of aryl methyl sites for hydroxylation is 1. The van der Waals surface area contributed by atoms with Crippen molar-refractivity contribution in [1.29, 1.82) is 0 Å². The molecule has 0 unspecified atom stereocenters. The molecule has 146 valence electrons. The van der Waals surface area contributed by atoms with Gasteiger partial charge in [-0.1, -0.05) is 19.9 Å². The summed E-state index contributed by atoms with van der Waals surface area (Å²) in [5.74, 6) is -0.141. The van der Waals surface area contributed by atoms with Crippen LogP contribution in [0.5, 0.6) is 0 Å². The minimum Gasteiger partial charge on any atom is -0.351 e. The molecule has 1 N–H and O–H groups in total. The molecule has 0 atom stereocenters. The van der Waals surface area contributed by atoms with Crippen molar-refractivity contribution in [1.82, 2.24) is 19.6 Å². The number of rotatable bonds is 7. The van der Waals surface area contributed by atoms with E-state index in [1.807, 2.05) is 19.1 Å². The fraction of sp³-hybridized carbons (Fsp3) is 0.421. The molecule has 1 amide bonds. The number of carbonyl (C=O) groups is 1. The molecule has 8 heteroatoms. The first-order valence-electron chi connectivity index (χ1n) is 8.97. The van der Waals surface area contributed by atoms with Crippen LogP contribution in [-0.2, 0) is 0 Å². The molecule has 6 nitrogen and oxygen atoms in total. The largest absolute Gasteiger partial charge is 0.351 e. The molecule has 0 bridgehead atoms. The van der Waals surface area contributed by atoms with Gasteiger partial charge < -0.3 is 10.2 Å². The second-order valence-electron chi connectivity index (χ2n) is 6.27. The highest BCUT2D eigenvalue weighted by Gasteiger charge is 2.15. The second kappa shape index (κ2) is 9.30. The summed E-state index contributed by atoms with van der Waals surface area (Å²) in [5.41, 5.74) is 1.44. The van der Waals surface area contributed by atoms with Gasteiger partial charge in [-0.05, 0) is 50.7 Å². The molecule has 0 aliphatic carbocycles. The van der Waals surface area contributed by atoms with Gasteiger partial charge in [-0.15, -0.1) is 23.7 Å². The normalized spacial score (nSPS) is 11.1. The van der Waals surface area contributed by atoms with Crippen LogP contribution in [0.4, 0.5) is 0 Å². The third-order valence-corrected chi connectivity index (χ3v) is 5.61. The monoisotopic (exact) mass is 408 g/mol. The van der Waals surface area contributed by atoms with Gasteiger partial charge in [-0.3, -0.25) is 14.0 Å². The topological polar surface area (TPSA) is 66.7 Å². The number of fused-ring (bicyclic) bond motifs is 2. The molecule has 3 heterocycles. The number of pyridine rings is 1. The molecule has 0 aromatic carbocycles. The lowest BCUT2D eigenvalue weighted by atomic mass is 10.3.